The second kappa shape index (κ2) is 14.9. The molecule has 0 aliphatic carbocycles. The van der Waals surface area contributed by atoms with E-state index < -0.39 is 0 Å². The first-order chi connectivity index (χ1) is 21.3. The number of rotatable bonds is 16. The fourth-order valence-corrected chi connectivity index (χ4v) is 6.17. The highest BCUT2D eigenvalue weighted by Crippen LogP contribution is 2.35. The number of ether oxygens (including phenoxy) is 1. The number of fused-ring (bicyclic) bond motifs is 3. The zero-order valence-electron chi connectivity index (χ0n) is 27.8. The van der Waals surface area contributed by atoms with Crippen LogP contribution in [0.5, 0.6) is 5.75 Å². The smallest absolute Gasteiger partial charge is 0.231 e. The van der Waals surface area contributed by atoms with E-state index in [0.717, 1.165) is 83.8 Å². The first-order valence-electron chi connectivity index (χ1n) is 16.2. The van der Waals surface area contributed by atoms with Crippen LogP contribution in [0.25, 0.3) is 21.9 Å². The fourth-order valence-electron chi connectivity index (χ4n) is 6.03. The average molecular weight is 681 g/mol. The number of aromatic hydroxyl groups is 1. The highest BCUT2D eigenvalue weighted by Gasteiger charge is 2.24. The molecule has 8 nitrogen and oxygen atoms in total. The van der Waals surface area contributed by atoms with Crippen molar-refractivity contribution in [3.8, 4) is 5.75 Å². The van der Waals surface area contributed by atoms with Crippen LogP contribution in [0.4, 0.5) is 5.82 Å². The van der Waals surface area contributed by atoms with E-state index in [1.807, 2.05) is 32.9 Å². The van der Waals surface area contributed by atoms with Gasteiger partial charge in [-0.25, -0.2) is 9.97 Å². The first kappa shape index (κ1) is 34.7. The maximum absolute atomic E-state index is 11.7. The lowest BCUT2D eigenvalue weighted by molar-refractivity contribution is -0.120. The van der Waals surface area contributed by atoms with E-state index in [0.29, 0.717) is 36.7 Å². The number of aromatic nitrogens is 3. The van der Waals surface area contributed by atoms with Crippen molar-refractivity contribution >= 4 is 49.6 Å². The van der Waals surface area contributed by atoms with E-state index in [1.54, 1.807) is 6.07 Å². The number of amides is 1. The van der Waals surface area contributed by atoms with Crippen LogP contribution in [-0.2, 0) is 27.9 Å². The Morgan fingerprint density at radius 1 is 1.04 bits per heavy atom. The lowest BCUT2D eigenvalue weighted by Gasteiger charge is -2.26. The number of hydrogen-bond acceptors (Lipinski definition) is 6. The number of phenolic OH excluding ortho intramolecular Hbond substituents is 1. The Hall–Kier alpha value is -3.17. The number of phenols is 1. The molecule has 0 aliphatic rings. The van der Waals surface area contributed by atoms with Crippen molar-refractivity contribution in [1.29, 1.82) is 0 Å². The van der Waals surface area contributed by atoms with E-state index in [-0.39, 0.29) is 16.9 Å². The normalized spacial score (nSPS) is 12.3. The zero-order valence-corrected chi connectivity index (χ0v) is 29.4. The van der Waals surface area contributed by atoms with Gasteiger partial charge in [-0.2, -0.15) is 0 Å². The zero-order chi connectivity index (χ0) is 32.8. The predicted molar refractivity (Wildman–Crippen MR) is 188 cm³/mol. The summed E-state index contributed by atoms with van der Waals surface area (Å²) in [5, 5.41) is 14.5. The number of nitrogens with zero attached hydrogens (tertiary/aromatic N) is 3. The van der Waals surface area contributed by atoms with Gasteiger partial charge in [0.05, 0.1) is 16.4 Å². The molecule has 4 aromatic rings. The van der Waals surface area contributed by atoms with Crippen molar-refractivity contribution in [2.75, 3.05) is 24.3 Å². The number of halogens is 1. The Balaban J connectivity index is 1.49. The van der Waals surface area contributed by atoms with Gasteiger partial charge in [0.25, 0.3) is 0 Å². The summed E-state index contributed by atoms with van der Waals surface area (Å²) in [5.41, 5.74) is 12.1. The quantitative estimate of drug-likeness (QED) is 0.0825. The van der Waals surface area contributed by atoms with Crippen LogP contribution in [0.1, 0.15) is 95.7 Å². The van der Waals surface area contributed by atoms with E-state index >= 15 is 0 Å². The Kier molecular flexibility index (Phi) is 11.5. The van der Waals surface area contributed by atoms with Crippen LogP contribution in [-0.4, -0.2) is 49.6 Å². The maximum Gasteiger partial charge on any atom is 0.231 e. The number of carbonyl (C=O) groups is 1. The number of unbranched alkanes of at least 4 members (excludes halogenated alkanes) is 1. The topological polar surface area (TPSA) is 115 Å². The Labute approximate surface area is 276 Å². The fraction of sp³-hybridized carbons (Fsp3) is 0.528. The van der Waals surface area contributed by atoms with Gasteiger partial charge in [0, 0.05) is 37.1 Å². The van der Waals surface area contributed by atoms with Crippen LogP contribution >= 0.6 is 15.9 Å². The third-order valence-electron chi connectivity index (χ3n) is 8.70. The minimum Gasteiger partial charge on any atom is -0.508 e. The van der Waals surface area contributed by atoms with E-state index in [2.05, 4.69) is 64.8 Å². The van der Waals surface area contributed by atoms with Gasteiger partial charge in [0.2, 0.25) is 5.91 Å². The average Bonchev–Trinajstić information content (AvgIpc) is 3.35. The van der Waals surface area contributed by atoms with Gasteiger partial charge in [-0.3, -0.25) is 4.79 Å². The summed E-state index contributed by atoms with van der Waals surface area (Å²) in [6, 6.07) is 12.4. The van der Waals surface area contributed by atoms with Crippen molar-refractivity contribution in [2.45, 2.75) is 104 Å². The third-order valence-corrected chi connectivity index (χ3v) is 9.21. The number of aryl methyl sites for hydroxylation is 2. The highest BCUT2D eigenvalue weighted by atomic mass is 79.9. The van der Waals surface area contributed by atoms with E-state index in [4.69, 9.17) is 20.4 Å². The van der Waals surface area contributed by atoms with Gasteiger partial charge in [0.1, 0.15) is 17.1 Å². The lowest BCUT2D eigenvalue weighted by atomic mass is 9.80. The molecule has 0 aliphatic heterocycles. The van der Waals surface area contributed by atoms with Crippen molar-refractivity contribution in [3.63, 3.8) is 0 Å². The summed E-state index contributed by atoms with van der Waals surface area (Å²) in [6.07, 6.45) is 6.67. The van der Waals surface area contributed by atoms with E-state index in [1.165, 1.54) is 5.56 Å². The van der Waals surface area contributed by atoms with Gasteiger partial charge in [-0.15, -0.1) is 0 Å². The highest BCUT2D eigenvalue weighted by molar-refractivity contribution is 9.09. The van der Waals surface area contributed by atoms with Gasteiger partial charge < -0.3 is 25.5 Å². The van der Waals surface area contributed by atoms with Gasteiger partial charge in [0.15, 0.2) is 5.82 Å². The first-order valence-corrected chi connectivity index (χ1v) is 17.3. The van der Waals surface area contributed by atoms with Crippen molar-refractivity contribution in [3.05, 3.63) is 58.9 Å². The van der Waals surface area contributed by atoms with Crippen molar-refractivity contribution in [2.24, 2.45) is 0 Å². The van der Waals surface area contributed by atoms with Crippen LogP contribution < -0.4 is 11.1 Å². The second-order valence-corrected chi connectivity index (χ2v) is 14.1. The van der Waals surface area contributed by atoms with Crippen LogP contribution in [0.3, 0.4) is 0 Å². The molecular weight excluding hydrogens is 630 g/mol. The molecule has 0 atom stereocenters. The number of nitrogens with one attached hydrogen (secondary N) is 1. The molecule has 0 saturated carbocycles. The SMILES string of the molecule is CCCCc1nc2c(N)nc3cc(C(C)(C)CCCOCCCC(C)(C)NC(=O)CBr)ccc3c2n1Cc1ccc(O)c(C)c1. The molecule has 2 aromatic carbocycles. The summed E-state index contributed by atoms with van der Waals surface area (Å²) in [5.74, 6) is 1.77. The molecule has 0 radical (unpaired) electrons. The molecule has 244 valence electrons. The number of benzene rings is 2. The molecule has 0 spiro atoms. The summed E-state index contributed by atoms with van der Waals surface area (Å²) in [4.78, 5) is 21.5. The molecule has 0 bridgehead atoms. The number of nitrogens with two attached hydrogens (primary N) is 1. The molecule has 9 heteroatoms. The third kappa shape index (κ3) is 8.76. The molecule has 4 N–H and O–H groups in total. The second-order valence-electron chi connectivity index (χ2n) is 13.5. The molecule has 0 fully saturated rings. The number of hydrogen-bond donors (Lipinski definition) is 3. The van der Waals surface area contributed by atoms with Crippen LogP contribution in [0.2, 0.25) is 0 Å². The van der Waals surface area contributed by atoms with Gasteiger partial charge in [-0.05, 0) is 87.1 Å². The maximum atomic E-state index is 11.7. The number of imidazole rings is 1. The summed E-state index contributed by atoms with van der Waals surface area (Å²) >= 11 is 3.20. The summed E-state index contributed by atoms with van der Waals surface area (Å²) in [6.45, 7) is 14.8. The van der Waals surface area contributed by atoms with Gasteiger partial charge >= 0.3 is 0 Å². The molecule has 0 saturated heterocycles. The molecule has 1 amide bonds. The summed E-state index contributed by atoms with van der Waals surface area (Å²) < 4.78 is 8.25. The molecule has 0 unspecified atom stereocenters. The molecule has 45 heavy (non-hydrogen) atoms. The molecule has 2 heterocycles. The minimum atomic E-state index is -0.241. The largest absolute Gasteiger partial charge is 0.508 e. The number of pyridine rings is 1. The van der Waals surface area contributed by atoms with Crippen LogP contribution in [0.15, 0.2) is 36.4 Å². The number of carbonyl (C=O) groups excluding carboxylic acids is 1. The molecular formula is C36H50BrN5O3. The van der Waals surface area contributed by atoms with E-state index in [9.17, 15) is 9.90 Å². The van der Waals surface area contributed by atoms with Crippen molar-refractivity contribution in [1.82, 2.24) is 19.9 Å². The number of alkyl halides is 1. The molecule has 4 rings (SSSR count). The standard InChI is InChI=1S/C36H50BrN5O3/c1-7-8-11-30-40-32-33(42(30)23-25-12-15-29(43)24(2)20-25)27-14-13-26(21-28(27)39-34(32)38)35(3,4)16-9-18-45-19-10-17-36(5,6)41-31(44)22-37/h12-15,20-21,43H,7-11,16-19,22-23H2,1-6H3,(H2,38,39)(H,41,44). The van der Waals surface area contributed by atoms with Crippen LogP contribution in [0, 0.1) is 6.92 Å². The number of anilines is 1. The molecule has 2 aromatic heterocycles. The Bertz CT molecular complexity index is 1630. The Morgan fingerprint density at radius 3 is 2.47 bits per heavy atom. The van der Waals surface area contributed by atoms with Crippen molar-refractivity contribution < 1.29 is 14.6 Å². The monoisotopic (exact) mass is 679 g/mol. The predicted octanol–water partition coefficient (Wildman–Crippen LogP) is 7.72. The minimum absolute atomic E-state index is 0.00523. The summed E-state index contributed by atoms with van der Waals surface area (Å²) in [7, 11) is 0. The van der Waals surface area contributed by atoms with Gasteiger partial charge in [-0.1, -0.05) is 67.4 Å². The lowest BCUT2D eigenvalue weighted by Crippen LogP contribution is -2.44. The Morgan fingerprint density at radius 2 is 1.78 bits per heavy atom. The number of nitrogen functional groups attached to an aromatic ring is 1.